The van der Waals surface area contributed by atoms with Gasteiger partial charge in [-0.15, -0.1) is 0 Å². The topological polar surface area (TPSA) is 59.9 Å². The van der Waals surface area contributed by atoms with Gasteiger partial charge in [0.2, 0.25) is 0 Å². The number of ether oxygens (including phenoxy) is 1. The van der Waals surface area contributed by atoms with E-state index in [9.17, 15) is 13.6 Å². The van der Waals surface area contributed by atoms with Crippen LogP contribution in [-0.2, 0) is 11.3 Å². The van der Waals surface area contributed by atoms with Crippen LogP contribution < -0.4 is 0 Å². The summed E-state index contributed by atoms with van der Waals surface area (Å²) in [6.45, 7) is -0.0655. The summed E-state index contributed by atoms with van der Waals surface area (Å²) in [5, 5.41) is 4.79. The number of hydrogen-bond donors (Lipinski definition) is 1. The van der Waals surface area contributed by atoms with Crippen molar-refractivity contribution < 1.29 is 18.3 Å². The molecule has 0 fully saturated rings. The van der Waals surface area contributed by atoms with E-state index >= 15 is 0 Å². The molecule has 0 amide bonds. The molecule has 0 bridgehead atoms. The van der Waals surface area contributed by atoms with Gasteiger partial charge < -0.3 is 9.72 Å². The standard InChI is InChI=1S/C19H13F2N3O2/c20-13-5-6-16-12(9-13)10-17(22-16)19(25)26-11-14-7-8-24(23-14)18-4-2-1-3-15(18)21/h1-10,22H,11H2. The van der Waals surface area contributed by atoms with Gasteiger partial charge in [-0.1, -0.05) is 12.1 Å². The maximum atomic E-state index is 13.8. The van der Waals surface area contributed by atoms with Crippen LogP contribution in [0.1, 0.15) is 16.2 Å². The zero-order valence-electron chi connectivity index (χ0n) is 13.4. The van der Waals surface area contributed by atoms with Gasteiger partial charge in [-0.25, -0.2) is 18.3 Å². The third kappa shape index (κ3) is 3.06. The maximum absolute atomic E-state index is 13.8. The second-order valence-corrected chi connectivity index (χ2v) is 5.69. The monoisotopic (exact) mass is 353 g/mol. The van der Waals surface area contributed by atoms with Gasteiger partial charge in [-0.2, -0.15) is 5.10 Å². The quantitative estimate of drug-likeness (QED) is 0.565. The van der Waals surface area contributed by atoms with Crippen LogP contribution in [0.5, 0.6) is 0 Å². The summed E-state index contributed by atoms with van der Waals surface area (Å²) >= 11 is 0. The van der Waals surface area contributed by atoms with Crippen LogP contribution >= 0.6 is 0 Å². The van der Waals surface area contributed by atoms with Gasteiger partial charge in [-0.05, 0) is 42.5 Å². The van der Waals surface area contributed by atoms with Crippen LogP contribution in [0.2, 0.25) is 0 Å². The molecule has 0 saturated carbocycles. The number of fused-ring (bicyclic) bond motifs is 1. The van der Waals surface area contributed by atoms with Gasteiger partial charge in [-0.3, -0.25) is 0 Å². The largest absolute Gasteiger partial charge is 0.454 e. The minimum absolute atomic E-state index is 0.0655. The zero-order chi connectivity index (χ0) is 18.1. The Labute approximate surface area is 146 Å². The molecule has 0 spiro atoms. The molecule has 26 heavy (non-hydrogen) atoms. The summed E-state index contributed by atoms with van der Waals surface area (Å²) in [6.07, 6.45) is 1.59. The van der Waals surface area contributed by atoms with E-state index in [0.29, 0.717) is 22.3 Å². The molecular formula is C19H13F2N3O2. The van der Waals surface area contributed by atoms with Crippen LogP contribution in [0.3, 0.4) is 0 Å². The number of aromatic amines is 1. The normalized spacial score (nSPS) is 11.0. The second kappa shape index (κ2) is 6.44. The van der Waals surface area contributed by atoms with Crippen molar-refractivity contribution in [3.8, 4) is 5.69 Å². The van der Waals surface area contributed by atoms with Crippen LogP contribution in [0.25, 0.3) is 16.6 Å². The number of para-hydroxylation sites is 1. The number of carbonyl (C=O) groups excluding carboxylic acids is 1. The van der Waals surface area contributed by atoms with E-state index in [1.807, 2.05) is 0 Å². The molecular weight excluding hydrogens is 340 g/mol. The Hall–Kier alpha value is -3.48. The Kier molecular flexibility index (Phi) is 3.96. The van der Waals surface area contributed by atoms with E-state index in [1.165, 1.54) is 28.9 Å². The lowest BCUT2D eigenvalue weighted by Crippen LogP contribution is -2.06. The summed E-state index contributed by atoms with van der Waals surface area (Å²) in [5.74, 6) is -1.36. The molecule has 0 aliphatic heterocycles. The number of halogens is 2. The van der Waals surface area contributed by atoms with E-state index in [0.717, 1.165) is 0 Å². The number of hydrogen-bond acceptors (Lipinski definition) is 3. The number of esters is 1. The van der Waals surface area contributed by atoms with Crippen molar-refractivity contribution in [2.45, 2.75) is 6.61 Å². The summed E-state index contributed by atoms with van der Waals surface area (Å²) in [4.78, 5) is 15.0. The van der Waals surface area contributed by atoms with Crippen molar-refractivity contribution in [2.24, 2.45) is 0 Å². The molecule has 0 aliphatic rings. The number of benzene rings is 2. The predicted molar refractivity (Wildman–Crippen MR) is 90.9 cm³/mol. The van der Waals surface area contributed by atoms with Gasteiger partial charge in [0.15, 0.2) is 0 Å². The van der Waals surface area contributed by atoms with Crippen molar-refractivity contribution in [2.75, 3.05) is 0 Å². The molecule has 7 heteroatoms. The molecule has 5 nitrogen and oxygen atoms in total. The highest BCUT2D eigenvalue weighted by Crippen LogP contribution is 2.18. The Morgan fingerprint density at radius 2 is 1.96 bits per heavy atom. The summed E-state index contributed by atoms with van der Waals surface area (Å²) in [6, 6.07) is 13.6. The molecule has 2 aromatic carbocycles. The first-order chi connectivity index (χ1) is 12.6. The van der Waals surface area contributed by atoms with Gasteiger partial charge in [0.1, 0.15) is 35.3 Å². The molecule has 1 N–H and O–H groups in total. The SMILES string of the molecule is O=C(OCc1ccn(-c2ccccc2F)n1)c1cc2cc(F)ccc2[nH]1. The first-order valence-corrected chi connectivity index (χ1v) is 7.85. The lowest BCUT2D eigenvalue weighted by Gasteiger charge is -2.03. The molecule has 0 saturated heterocycles. The Morgan fingerprint density at radius 3 is 2.81 bits per heavy atom. The fourth-order valence-electron chi connectivity index (χ4n) is 2.64. The number of nitrogens with one attached hydrogen (secondary N) is 1. The van der Waals surface area contributed by atoms with Crippen LogP contribution in [0.4, 0.5) is 8.78 Å². The first kappa shape index (κ1) is 16.0. The van der Waals surface area contributed by atoms with Crippen molar-refractivity contribution in [1.29, 1.82) is 0 Å². The molecule has 0 aliphatic carbocycles. The predicted octanol–water partition coefficient (Wildman–Crippen LogP) is 3.99. The van der Waals surface area contributed by atoms with Gasteiger partial charge >= 0.3 is 5.97 Å². The summed E-state index contributed by atoms with van der Waals surface area (Å²) in [7, 11) is 0. The highest BCUT2D eigenvalue weighted by Gasteiger charge is 2.13. The maximum Gasteiger partial charge on any atom is 0.355 e. The van der Waals surface area contributed by atoms with Crippen LogP contribution in [0.15, 0.2) is 60.8 Å². The van der Waals surface area contributed by atoms with Crippen molar-refractivity contribution in [3.63, 3.8) is 0 Å². The van der Waals surface area contributed by atoms with Crippen LogP contribution in [0, 0.1) is 11.6 Å². The van der Waals surface area contributed by atoms with Gasteiger partial charge in [0, 0.05) is 17.1 Å². The molecule has 4 aromatic rings. The summed E-state index contributed by atoms with van der Waals surface area (Å²) < 4.78 is 33.6. The fourth-order valence-corrected chi connectivity index (χ4v) is 2.64. The molecule has 4 rings (SSSR count). The molecule has 2 heterocycles. The van der Waals surface area contributed by atoms with Crippen molar-refractivity contribution in [3.05, 3.63) is 83.8 Å². The highest BCUT2D eigenvalue weighted by molar-refractivity contribution is 5.94. The van der Waals surface area contributed by atoms with E-state index in [-0.39, 0.29) is 18.1 Å². The van der Waals surface area contributed by atoms with E-state index < -0.39 is 11.8 Å². The molecule has 0 radical (unpaired) electrons. The van der Waals surface area contributed by atoms with Crippen molar-refractivity contribution in [1.82, 2.24) is 14.8 Å². The number of aromatic nitrogens is 3. The zero-order valence-corrected chi connectivity index (χ0v) is 13.4. The lowest BCUT2D eigenvalue weighted by atomic mass is 10.2. The Balaban J connectivity index is 1.47. The Bertz CT molecular complexity index is 1100. The second-order valence-electron chi connectivity index (χ2n) is 5.69. The van der Waals surface area contributed by atoms with E-state index in [1.54, 1.807) is 36.5 Å². The minimum atomic E-state index is -0.581. The highest BCUT2D eigenvalue weighted by atomic mass is 19.1. The molecule has 130 valence electrons. The van der Waals surface area contributed by atoms with Crippen LogP contribution in [-0.4, -0.2) is 20.7 Å². The fraction of sp³-hybridized carbons (Fsp3) is 0.0526. The van der Waals surface area contributed by atoms with E-state index in [4.69, 9.17) is 4.74 Å². The third-order valence-corrected chi connectivity index (χ3v) is 3.90. The average Bonchev–Trinajstić information content (AvgIpc) is 3.26. The number of carbonyl (C=O) groups is 1. The van der Waals surface area contributed by atoms with E-state index in [2.05, 4.69) is 10.1 Å². The Morgan fingerprint density at radius 1 is 1.12 bits per heavy atom. The minimum Gasteiger partial charge on any atom is -0.454 e. The van der Waals surface area contributed by atoms with Gasteiger partial charge in [0.25, 0.3) is 0 Å². The van der Waals surface area contributed by atoms with Gasteiger partial charge in [0.05, 0.1) is 0 Å². The number of rotatable bonds is 4. The lowest BCUT2D eigenvalue weighted by molar-refractivity contribution is 0.0461. The molecule has 0 atom stereocenters. The molecule has 2 aromatic heterocycles. The summed E-state index contributed by atoms with van der Waals surface area (Å²) in [5.41, 5.74) is 1.65. The third-order valence-electron chi connectivity index (χ3n) is 3.90. The van der Waals surface area contributed by atoms with Crippen molar-refractivity contribution >= 4 is 16.9 Å². The first-order valence-electron chi connectivity index (χ1n) is 7.85. The molecule has 0 unspecified atom stereocenters. The number of nitrogens with zero attached hydrogens (tertiary/aromatic N) is 2. The smallest absolute Gasteiger partial charge is 0.355 e. The average molecular weight is 353 g/mol. The number of H-pyrrole nitrogens is 1.